The van der Waals surface area contributed by atoms with Crippen molar-refractivity contribution in [2.24, 2.45) is 0 Å². The number of sulfone groups is 1. The Hall–Kier alpha value is -1.02. The molecule has 0 aromatic rings. The molecule has 0 atom stereocenters. The second-order valence-electron chi connectivity index (χ2n) is 3.47. The van der Waals surface area contributed by atoms with E-state index in [1.165, 1.54) is 11.2 Å². The summed E-state index contributed by atoms with van der Waals surface area (Å²) in [5.74, 6) is 1.68. The van der Waals surface area contributed by atoms with Crippen LogP contribution in [0.3, 0.4) is 0 Å². The lowest BCUT2D eigenvalue weighted by molar-refractivity contribution is -0.125. The van der Waals surface area contributed by atoms with E-state index in [9.17, 15) is 13.2 Å². The summed E-state index contributed by atoms with van der Waals surface area (Å²) in [6.07, 6.45) is 7.18. The smallest absolute Gasteiger partial charge is 0.298 e. The van der Waals surface area contributed by atoms with E-state index in [0.717, 1.165) is 0 Å². The molecule has 1 saturated heterocycles. The van der Waals surface area contributed by atoms with Gasteiger partial charge in [0, 0.05) is 19.3 Å². The first-order valence-electron chi connectivity index (χ1n) is 4.39. The van der Waals surface area contributed by atoms with Crippen molar-refractivity contribution in [1.82, 2.24) is 4.90 Å². The maximum atomic E-state index is 11.2. The minimum absolute atomic E-state index is 0.315. The second kappa shape index (κ2) is 4.01. The fourth-order valence-electron chi connectivity index (χ4n) is 1.58. The molecule has 0 unspecified atom stereocenters. The van der Waals surface area contributed by atoms with Crippen molar-refractivity contribution in [3.63, 3.8) is 0 Å². The monoisotopic (exact) mass is 215 g/mol. The summed E-state index contributed by atoms with van der Waals surface area (Å²) in [6, 6.07) is 0. The third kappa shape index (κ3) is 2.48. The van der Waals surface area contributed by atoms with Crippen molar-refractivity contribution in [1.29, 1.82) is 0 Å². The molecule has 1 rings (SSSR count). The number of amides is 1. The van der Waals surface area contributed by atoms with Gasteiger partial charge in [0.1, 0.15) is 9.84 Å². The highest BCUT2D eigenvalue weighted by Gasteiger charge is 2.27. The molecule has 0 bridgehead atoms. The first kappa shape index (κ1) is 11.1. The number of rotatable bonds is 1. The first-order valence-corrected chi connectivity index (χ1v) is 6.35. The molecular weight excluding hydrogens is 202 g/mol. The molecule has 5 heteroatoms. The molecule has 0 aromatic carbocycles. The molecule has 0 spiro atoms. The Kier molecular flexibility index (Phi) is 3.17. The van der Waals surface area contributed by atoms with Crippen LogP contribution in [0.2, 0.25) is 0 Å². The van der Waals surface area contributed by atoms with Crippen molar-refractivity contribution in [3.8, 4) is 12.3 Å². The number of piperidine rings is 1. The summed E-state index contributed by atoms with van der Waals surface area (Å²) >= 11 is 0. The minimum atomic E-state index is -2.97. The van der Waals surface area contributed by atoms with Gasteiger partial charge < -0.3 is 4.90 Å². The van der Waals surface area contributed by atoms with Crippen LogP contribution in [-0.4, -0.2) is 43.8 Å². The van der Waals surface area contributed by atoms with Gasteiger partial charge in [-0.3, -0.25) is 4.79 Å². The lowest BCUT2D eigenvalue weighted by Gasteiger charge is -2.29. The quantitative estimate of drug-likeness (QED) is 0.562. The van der Waals surface area contributed by atoms with E-state index < -0.39 is 9.84 Å². The maximum Gasteiger partial charge on any atom is 0.298 e. The number of hydrogen-bond acceptors (Lipinski definition) is 3. The van der Waals surface area contributed by atoms with E-state index in [-0.39, 0.29) is 11.2 Å². The van der Waals surface area contributed by atoms with E-state index in [2.05, 4.69) is 0 Å². The van der Waals surface area contributed by atoms with Crippen LogP contribution in [0.25, 0.3) is 0 Å². The zero-order chi connectivity index (χ0) is 10.8. The largest absolute Gasteiger partial charge is 0.332 e. The summed E-state index contributed by atoms with van der Waals surface area (Å²) in [5.41, 5.74) is 0. The third-order valence-electron chi connectivity index (χ3n) is 2.46. The van der Waals surface area contributed by atoms with E-state index in [4.69, 9.17) is 6.42 Å². The molecule has 0 radical (unpaired) electrons. The van der Waals surface area contributed by atoms with Gasteiger partial charge in [0.05, 0.1) is 5.25 Å². The lowest BCUT2D eigenvalue weighted by atomic mass is 10.1. The summed E-state index contributed by atoms with van der Waals surface area (Å²) in [7, 11) is -2.97. The zero-order valence-corrected chi connectivity index (χ0v) is 8.88. The Morgan fingerprint density at radius 3 is 2.29 bits per heavy atom. The van der Waals surface area contributed by atoms with Crippen molar-refractivity contribution in [2.75, 3.05) is 19.3 Å². The number of carbonyl (C=O) groups is 1. The van der Waals surface area contributed by atoms with Gasteiger partial charge in [-0.25, -0.2) is 8.42 Å². The van der Waals surface area contributed by atoms with Crippen LogP contribution in [0.1, 0.15) is 12.8 Å². The SMILES string of the molecule is C#CC(=O)N1CCC(S(C)(=O)=O)CC1. The van der Waals surface area contributed by atoms with Gasteiger partial charge in [0.2, 0.25) is 0 Å². The van der Waals surface area contributed by atoms with E-state index >= 15 is 0 Å². The molecule has 1 aliphatic rings. The Morgan fingerprint density at radius 2 is 1.93 bits per heavy atom. The average Bonchev–Trinajstić information content (AvgIpc) is 2.15. The van der Waals surface area contributed by atoms with Crippen LogP contribution in [0, 0.1) is 12.3 Å². The number of terminal acetylenes is 1. The second-order valence-corrected chi connectivity index (χ2v) is 5.79. The van der Waals surface area contributed by atoms with Gasteiger partial charge in [-0.1, -0.05) is 0 Å². The summed E-state index contributed by atoms with van der Waals surface area (Å²) in [5, 5.41) is -0.315. The van der Waals surface area contributed by atoms with Crippen molar-refractivity contribution in [2.45, 2.75) is 18.1 Å². The standard InChI is InChI=1S/C9H13NO3S/c1-3-9(11)10-6-4-8(5-7-10)14(2,12)13/h1,8H,4-7H2,2H3. The number of likely N-dealkylation sites (tertiary alicyclic amines) is 1. The van der Waals surface area contributed by atoms with Crippen LogP contribution in [0.5, 0.6) is 0 Å². The molecule has 1 amide bonds. The molecule has 14 heavy (non-hydrogen) atoms. The highest BCUT2D eigenvalue weighted by molar-refractivity contribution is 7.91. The molecule has 0 aliphatic carbocycles. The summed E-state index contributed by atoms with van der Waals surface area (Å²) in [4.78, 5) is 12.6. The third-order valence-corrected chi connectivity index (χ3v) is 4.14. The predicted octanol–water partition coefficient (Wildman–Crippen LogP) is -0.345. The highest BCUT2D eigenvalue weighted by Crippen LogP contribution is 2.16. The zero-order valence-electron chi connectivity index (χ0n) is 8.06. The van der Waals surface area contributed by atoms with Crippen molar-refractivity contribution in [3.05, 3.63) is 0 Å². The topological polar surface area (TPSA) is 54.5 Å². The molecule has 78 valence electrons. The Morgan fingerprint density at radius 1 is 1.43 bits per heavy atom. The Balaban J connectivity index is 2.56. The number of hydrogen-bond donors (Lipinski definition) is 0. The van der Waals surface area contributed by atoms with Crippen LogP contribution in [0.4, 0.5) is 0 Å². The predicted molar refractivity (Wildman–Crippen MR) is 53.3 cm³/mol. The average molecular weight is 215 g/mol. The van der Waals surface area contributed by atoms with E-state index in [0.29, 0.717) is 25.9 Å². The minimum Gasteiger partial charge on any atom is -0.332 e. The van der Waals surface area contributed by atoms with E-state index in [1.54, 1.807) is 0 Å². The lowest BCUT2D eigenvalue weighted by Crippen LogP contribution is -2.41. The van der Waals surface area contributed by atoms with Crippen LogP contribution in [-0.2, 0) is 14.6 Å². The van der Waals surface area contributed by atoms with Crippen molar-refractivity contribution >= 4 is 15.7 Å². The number of carbonyl (C=O) groups excluding carboxylic acids is 1. The van der Waals surface area contributed by atoms with Crippen LogP contribution in [0.15, 0.2) is 0 Å². The van der Waals surface area contributed by atoms with Gasteiger partial charge in [0.15, 0.2) is 0 Å². The molecule has 1 heterocycles. The molecule has 0 saturated carbocycles. The van der Waals surface area contributed by atoms with Gasteiger partial charge in [-0.15, -0.1) is 6.42 Å². The molecule has 1 aliphatic heterocycles. The Bertz CT molecular complexity index is 358. The van der Waals surface area contributed by atoms with Gasteiger partial charge in [0.25, 0.3) is 5.91 Å². The fraction of sp³-hybridized carbons (Fsp3) is 0.667. The molecule has 1 fully saturated rings. The summed E-state index contributed by atoms with van der Waals surface area (Å²) in [6.45, 7) is 0.890. The van der Waals surface area contributed by atoms with Crippen LogP contribution >= 0.6 is 0 Å². The van der Waals surface area contributed by atoms with Gasteiger partial charge in [-0.2, -0.15) is 0 Å². The fourth-order valence-corrected chi connectivity index (χ4v) is 2.65. The molecule has 0 aromatic heterocycles. The molecular formula is C9H13NO3S. The van der Waals surface area contributed by atoms with Crippen molar-refractivity contribution < 1.29 is 13.2 Å². The normalized spacial score (nSPS) is 19.0. The first-order chi connectivity index (χ1) is 6.45. The van der Waals surface area contributed by atoms with Gasteiger partial charge in [-0.05, 0) is 18.8 Å². The maximum absolute atomic E-state index is 11.2. The highest BCUT2D eigenvalue weighted by atomic mass is 32.2. The van der Waals surface area contributed by atoms with E-state index in [1.807, 2.05) is 5.92 Å². The molecule has 0 N–H and O–H groups in total. The van der Waals surface area contributed by atoms with Crippen LogP contribution < -0.4 is 0 Å². The summed E-state index contributed by atoms with van der Waals surface area (Å²) < 4.78 is 22.4. The molecule has 4 nitrogen and oxygen atoms in total. The Labute approximate surface area is 84.2 Å². The van der Waals surface area contributed by atoms with Gasteiger partial charge >= 0.3 is 0 Å². The number of nitrogens with zero attached hydrogens (tertiary/aromatic N) is 1.